The smallest absolute Gasteiger partial charge is 0.249 e. The molecular formula is C17H24ClN3O. The van der Waals surface area contributed by atoms with E-state index in [0.717, 1.165) is 25.1 Å². The van der Waals surface area contributed by atoms with Crippen LogP contribution in [0.25, 0.3) is 11.5 Å². The first-order valence-electron chi connectivity index (χ1n) is 8.04. The Bertz CT molecular complexity index is 571. The molecule has 0 aliphatic heterocycles. The summed E-state index contributed by atoms with van der Waals surface area (Å²) in [5.74, 6) is 1.14. The fourth-order valence-electron chi connectivity index (χ4n) is 2.42. The highest BCUT2D eigenvalue weighted by molar-refractivity contribution is 6.33. The standard InChI is InChI=1S/C17H24ClN3O/c1-3-5-8-12-21(11-4-2)13-16-19-20-17(22-16)14-9-6-7-10-15(14)18/h6-7,9-10H,3-5,8,11-13H2,1-2H3. The highest BCUT2D eigenvalue weighted by Crippen LogP contribution is 2.26. The highest BCUT2D eigenvalue weighted by atomic mass is 35.5. The van der Waals surface area contributed by atoms with Gasteiger partial charge in [0, 0.05) is 0 Å². The number of rotatable bonds is 9. The molecule has 1 aromatic heterocycles. The van der Waals surface area contributed by atoms with Crippen LogP contribution < -0.4 is 0 Å². The monoisotopic (exact) mass is 321 g/mol. The molecular weight excluding hydrogens is 298 g/mol. The van der Waals surface area contributed by atoms with Crippen LogP contribution in [-0.2, 0) is 6.54 Å². The van der Waals surface area contributed by atoms with Gasteiger partial charge in [-0.15, -0.1) is 10.2 Å². The van der Waals surface area contributed by atoms with Crippen molar-refractivity contribution in [1.29, 1.82) is 0 Å². The molecule has 1 heterocycles. The third-order valence-corrected chi connectivity index (χ3v) is 3.88. The second kappa shape index (κ2) is 8.91. The van der Waals surface area contributed by atoms with Gasteiger partial charge >= 0.3 is 0 Å². The molecule has 2 rings (SSSR count). The van der Waals surface area contributed by atoms with Gasteiger partial charge in [0.05, 0.1) is 17.1 Å². The summed E-state index contributed by atoms with van der Waals surface area (Å²) in [4.78, 5) is 2.37. The van der Waals surface area contributed by atoms with Crippen LogP contribution in [0.1, 0.15) is 45.4 Å². The molecule has 0 unspecified atom stereocenters. The maximum absolute atomic E-state index is 6.17. The molecule has 5 heteroatoms. The van der Waals surface area contributed by atoms with E-state index in [1.165, 1.54) is 19.3 Å². The van der Waals surface area contributed by atoms with E-state index in [9.17, 15) is 0 Å². The van der Waals surface area contributed by atoms with E-state index in [0.29, 0.717) is 23.3 Å². The molecule has 0 aliphatic carbocycles. The molecule has 22 heavy (non-hydrogen) atoms. The zero-order valence-corrected chi connectivity index (χ0v) is 14.1. The molecule has 0 aliphatic rings. The Kier molecular flexibility index (Phi) is 6.87. The third-order valence-electron chi connectivity index (χ3n) is 3.55. The molecule has 0 atom stereocenters. The zero-order chi connectivity index (χ0) is 15.8. The number of hydrogen-bond acceptors (Lipinski definition) is 4. The molecule has 0 N–H and O–H groups in total. The number of hydrogen-bond donors (Lipinski definition) is 0. The summed E-state index contributed by atoms with van der Waals surface area (Å²) in [5, 5.41) is 8.93. The van der Waals surface area contributed by atoms with Gasteiger partial charge in [0.2, 0.25) is 11.8 Å². The second-order valence-corrected chi connectivity index (χ2v) is 5.87. The van der Waals surface area contributed by atoms with Crippen molar-refractivity contribution >= 4 is 11.6 Å². The maximum atomic E-state index is 6.17. The molecule has 4 nitrogen and oxygen atoms in total. The van der Waals surface area contributed by atoms with Gasteiger partial charge < -0.3 is 4.42 Å². The average molecular weight is 322 g/mol. The van der Waals surface area contributed by atoms with Crippen molar-refractivity contribution in [3.05, 3.63) is 35.2 Å². The van der Waals surface area contributed by atoms with Gasteiger partial charge in [0.15, 0.2) is 0 Å². The van der Waals surface area contributed by atoms with Crippen LogP contribution in [0.15, 0.2) is 28.7 Å². The SMILES string of the molecule is CCCCCN(CCC)Cc1nnc(-c2ccccc2Cl)o1. The van der Waals surface area contributed by atoms with Gasteiger partial charge in [-0.3, -0.25) is 4.90 Å². The summed E-state index contributed by atoms with van der Waals surface area (Å²) in [6.45, 7) is 7.24. The Hall–Kier alpha value is -1.39. The van der Waals surface area contributed by atoms with E-state index in [4.69, 9.17) is 16.0 Å². The first-order valence-corrected chi connectivity index (χ1v) is 8.42. The van der Waals surface area contributed by atoms with Crippen LogP contribution in [0.3, 0.4) is 0 Å². The Morgan fingerprint density at radius 3 is 2.59 bits per heavy atom. The lowest BCUT2D eigenvalue weighted by molar-refractivity contribution is 0.235. The lowest BCUT2D eigenvalue weighted by Crippen LogP contribution is -2.25. The third kappa shape index (κ3) is 4.82. The van der Waals surface area contributed by atoms with Crippen LogP contribution in [0.5, 0.6) is 0 Å². The molecule has 0 amide bonds. The predicted octanol–water partition coefficient (Wildman–Crippen LogP) is 4.79. The van der Waals surface area contributed by atoms with Crippen molar-refractivity contribution < 1.29 is 4.42 Å². The van der Waals surface area contributed by atoms with Gasteiger partial charge in [-0.05, 0) is 38.1 Å². The average Bonchev–Trinajstić information content (AvgIpc) is 2.96. The molecule has 0 saturated heterocycles. The number of aromatic nitrogens is 2. The zero-order valence-electron chi connectivity index (χ0n) is 13.4. The summed E-state index contributed by atoms with van der Waals surface area (Å²) in [6, 6.07) is 7.53. The Morgan fingerprint density at radius 1 is 1.05 bits per heavy atom. The van der Waals surface area contributed by atoms with Crippen LogP contribution in [0.2, 0.25) is 5.02 Å². The molecule has 0 radical (unpaired) electrons. The van der Waals surface area contributed by atoms with Crippen LogP contribution >= 0.6 is 11.6 Å². The Morgan fingerprint density at radius 2 is 1.86 bits per heavy atom. The summed E-state index contributed by atoms with van der Waals surface area (Å²) in [5.41, 5.74) is 0.788. The van der Waals surface area contributed by atoms with Crippen molar-refractivity contribution in [2.45, 2.75) is 46.1 Å². The first-order chi connectivity index (χ1) is 10.7. The van der Waals surface area contributed by atoms with E-state index >= 15 is 0 Å². The minimum atomic E-state index is 0.491. The molecule has 2 aromatic rings. The van der Waals surface area contributed by atoms with Crippen molar-refractivity contribution in [3.8, 4) is 11.5 Å². The maximum Gasteiger partial charge on any atom is 0.249 e. The van der Waals surface area contributed by atoms with Gasteiger partial charge in [-0.25, -0.2) is 0 Å². The lowest BCUT2D eigenvalue weighted by atomic mass is 10.2. The minimum absolute atomic E-state index is 0.491. The largest absolute Gasteiger partial charge is 0.419 e. The fourth-order valence-corrected chi connectivity index (χ4v) is 2.64. The minimum Gasteiger partial charge on any atom is -0.419 e. The van der Waals surface area contributed by atoms with Crippen LogP contribution in [0, 0.1) is 0 Å². The lowest BCUT2D eigenvalue weighted by Gasteiger charge is -2.19. The summed E-state index contributed by atoms with van der Waals surface area (Å²) in [6.07, 6.45) is 4.83. The summed E-state index contributed by atoms with van der Waals surface area (Å²) >= 11 is 6.17. The molecule has 0 fully saturated rings. The predicted molar refractivity (Wildman–Crippen MR) is 89.8 cm³/mol. The van der Waals surface area contributed by atoms with Crippen LogP contribution in [-0.4, -0.2) is 28.2 Å². The summed E-state index contributed by atoms with van der Waals surface area (Å²) < 4.78 is 5.79. The Balaban J connectivity index is 2.02. The van der Waals surface area contributed by atoms with Gasteiger partial charge in [-0.2, -0.15) is 0 Å². The molecule has 1 aromatic carbocycles. The Labute approximate surface area is 137 Å². The van der Waals surface area contributed by atoms with E-state index in [1.807, 2.05) is 24.3 Å². The first kappa shape index (κ1) is 17.0. The summed E-state index contributed by atoms with van der Waals surface area (Å²) in [7, 11) is 0. The molecule has 0 bridgehead atoms. The van der Waals surface area contributed by atoms with E-state index < -0.39 is 0 Å². The second-order valence-electron chi connectivity index (χ2n) is 5.46. The van der Waals surface area contributed by atoms with E-state index in [-0.39, 0.29) is 0 Å². The highest BCUT2D eigenvalue weighted by Gasteiger charge is 2.14. The van der Waals surface area contributed by atoms with Crippen molar-refractivity contribution in [3.63, 3.8) is 0 Å². The van der Waals surface area contributed by atoms with Crippen LogP contribution in [0.4, 0.5) is 0 Å². The van der Waals surface area contributed by atoms with Gasteiger partial charge in [0.25, 0.3) is 0 Å². The van der Waals surface area contributed by atoms with Gasteiger partial charge in [0.1, 0.15) is 0 Å². The van der Waals surface area contributed by atoms with E-state index in [1.54, 1.807) is 0 Å². The van der Waals surface area contributed by atoms with Crippen molar-refractivity contribution in [1.82, 2.24) is 15.1 Å². The molecule has 0 saturated carbocycles. The number of unbranched alkanes of at least 4 members (excludes halogenated alkanes) is 2. The van der Waals surface area contributed by atoms with Crippen molar-refractivity contribution in [2.75, 3.05) is 13.1 Å². The quantitative estimate of drug-likeness (QED) is 0.623. The number of nitrogens with zero attached hydrogens (tertiary/aromatic N) is 3. The normalized spacial score (nSPS) is 11.3. The van der Waals surface area contributed by atoms with E-state index in [2.05, 4.69) is 28.9 Å². The number of benzene rings is 1. The fraction of sp³-hybridized carbons (Fsp3) is 0.529. The molecule has 0 spiro atoms. The van der Waals surface area contributed by atoms with Crippen molar-refractivity contribution in [2.24, 2.45) is 0 Å². The van der Waals surface area contributed by atoms with Gasteiger partial charge in [-0.1, -0.05) is 50.4 Å². The molecule has 120 valence electrons. The number of halogens is 1. The topological polar surface area (TPSA) is 42.2 Å².